The van der Waals surface area contributed by atoms with Gasteiger partial charge >= 0.3 is 6.09 Å². The van der Waals surface area contributed by atoms with Crippen LogP contribution in [-0.4, -0.2) is 28.8 Å². The molecule has 0 aliphatic heterocycles. The quantitative estimate of drug-likeness (QED) is 0.842. The molecule has 1 rings (SSSR count). The lowest BCUT2D eigenvalue weighted by Crippen LogP contribution is -2.42. The second kappa shape index (κ2) is 7.33. The summed E-state index contributed by atoms with van der Waals surface area (Å²) in [4.78, 5) is 11.6. The Morgan fingerprint density at radius 2 is 2.15 bits per heavy atom. The van der Waals surface area contributed by atoms with Gasteiger partial charge in [-0.3, -0.25) is 0 Å². The van der Waals surface area contributed by atoms with Gasteiger partial charge in [-0.25, -0.2) is 4.79 Å². The van der Waals surface area contributed by atoms with Crippen molar-refractivity contribution in [3.05, 3.63) is 24.0 Å². The van der Waals surface area contributed by atoms with Gasteiger partial charge in [0.2, 0.25) is 0 Å². The predicted octanol–water partition coefficient (Wildman–Crippen LogP) is 2.42. The highest BCUT2D eigenvalue weighted by molar-refractivity contribution is 5.67. The van der Waals surface area contributed by atoms with Crippen LogP contribution in [0, 0.1) is 0 Å². The number of aromatic nitrogens is 1. The number of hydrogen-bond acceptors (Lipinski definition) is 3. The number of carbonyl (C=O) groups is 1. The Balaban J connectivity index is 2.33. The van der Waals surface area contributed by atoms with Gasteiger partial charge in [0.1, 0.15) is 5.60 Å². The number of ether oxygens (including phenoxy) is 1. The van der Waals surface area contributed by atoms with E-state index in [1.54, 1.807) is 0 Å². The van der Waals surface area contributed by atoms with Crippen LogP contribution < -0.4 is 10.6 Å². The number of aryl methyl sites for hydroxylation is 1. The van der Waals surface area contributed by atoms with Crippen LogP contribution in [0.5, 0.6) is 0 Å². The zero-order chi connectivity index (χ0) is 15.2. The summed E-state index contributed by atoms with van der Waals surface area (Å²) in [6.45, 7) is 9.03. The summed E-state index contributed by atoms with van der Waals surface area (Å²) in [5, 5.41) is 6.24. The lowest BCUT2D eigenvalue weighted by atomic mass is 10.2. The van der Waals surface area contributed by atoms with E-state index in [4.69, 9.17) is 4.74 Å². The van der Waals surface area contributed by atoms with Crippen LogP contribution in [0.2, 0.25) is 0 Å². The van der Waals surface area contributed by atoms with Gasteiger partial charge in [-0.05, 0) is 39.3 Å². The van der Waals surface area contributed by atoms with Gasteiger partial charge in [0, 0.05) is 38.1 Å². The molecule has 0 saturated carbocycles. The smallest absolute Gasteiger partial charge is 0.407 e. The first-order valence-electron chi connectivity index (χ1n) is 7.12. The summed E-state index contributed by atoms with van der Waals surface area (Å²) in [6.07, 6.45) is 2.61. The Hall–Kier alpha value is -1.49. The van der Waals surface area contributed by atoms with E-state index in [0.717, 1.165) is 13.0 Å². The number of alkyl carbamates (subject to hydrolysis) is 1. The summed E-state index contributed by atoms with van der Waals surface area (Å²) in [7, 11) is 2.02. The molecule has 2 N–H and O–H groups in total. The molecule has 1 aromatic rings. The monoisotopic (exact) mass is 281 g/mol. The van der Waals surface area contributed by atoms with Gasteiger partial charge in [-0.1, -0.05) is 6.92 Å². The van der Waals surface area contributed by atoms with E-state index in [1.807, 2.05) is 40.1 Å². The molecule has 0 spiro atoms. The van der Waals surface area contributed by atoms with Gasteiger partial charge in [0.15, 0.2) is 0 Å². The molecule has 0 aromatic carbocycles. The van der Waals surface area contributed by atoms with Crippen LogP contribution in [0.4, 0.5) is 4.79 Å². The predicted molar refractivity (Wildman–Crippen MR) is 80.6 cm³/mol. The fraction of sp³-hybridized carbons (Fsp3) is 0.667. The molecule has 5 heteroatoms. The van der Waals surface area contributed by atoms with Crippen molar-refractivity contribution in [2.24, 2.45) is 7.05 Å². The molecule has 0 aliphatic rings. The SMILES string of the molecule is CCC(CNC(=O)OC(C)(C)C)NCc1cccn1C. The number of nitrogens with one attached hydrogen (secondary N) is 2. The maximum absolute atomic E-state index is 11.6. The van der Waals surface area contributed by atoms with Gasteiger partial charge in [0.25, 0.3) is 0 Å². The molecular formula is C15H27N3O2. The Labute approximate surface area is 121 Å². The summed E-state index contributed by atoms with van der Waals surface area (Å²) >= 11 is 0. The van der Waals surface area contributed by atoms with Crippen molar-refractivity contribution in [1.29, 1.82) is 0 Å². The van der Waals surface area contributed by atoms with Crippen LogP contribution in [0.15, 0.2) is 18.3 Å². The molecule has 114 valence electrons. The molecule has 20 heavy (non-hydrogen) atoms. The molecule has 1 aromatic heterocycles. The third-order valence-electron chi connectivity index (χ3n) is 3.01. The van der Waals surface area contributed by atoms with E-state index < -0.39 is 5.60 Å². The third kappa shape index (κ3) is 6.10. The molecule has 1 heterocycles. The number of hydrogen-bond donors (Lipinski definition) is 2. The number of nitrogens with zero attached hydrogens (tertiary/aromatic N) is 1. The van der Waals surface area contributed by atoms with Crippen molar-refractivity contribution in [2.75, 3.05) is 6.54 Å². The zero-order valence-electron chi connectivity index (χ0n) is 13.2. The van der Waals surface area contributed by atoms with E-state index in [9.17, 15) is 4.79 Å². The molecule has 1 atom stereocenters. The van der Waals surface area contributed by atoms with Crippen molar-refractivity contribution >= 4 is 6.09 Å². The third-order valence-corrected chi connectivity index (χ3v) is 3.01. The summed E-state index contributed by atoms with van der Waals surface area (Å²) in [5.41, 5.74) is 0.767. The molecule has 0 saturated heterocycles. The van der Waals surface area contributed by atoms with E-state index in [-0.39, 0.29) is 12.1 Å². The van der Waals surface area contributed by atoms with E-state index in [1.165, 1.54) is 5.69 Å². The minimum atomic E-state index is -0.456. The molecule has 1 amide bonds. The largest absolute Gasteiger partial charge is 0.444 e. The minimum Gasteiger partial charge on any atom is -0.444 e. The molecular weight excluding hydrogens is 254 g/mol. The fourth-order valence-electron chi connectivity index (χ4n) is 1.81. The van der Waals surface area contributed by atoms with Crippen LogP contribution in [0.1, 0.15) is 39.8 Å². The van der Waals surface area contributed by atoms with Crippen LogP contribution in [-0.2, 0) is 18.3 Å². The van der Waals surface area contributed by atoms with E-state index >= 15 is 0 Å². The molecule has 0 radical (unpaired) electrons. The molecule has 0 fully saturated rings. The summed E-state index contributed by atoms with van der Waals surface area (Å²) in [6, 6.07) is 4.34. The second-order valence-electron chi connectivity index (χ2n) is 5.98. The lowest BCUT2D eigenvalue weighted by molar-refractivity contribution is 0.0522. The summed E-state index contributed by atoms with van der Waals surface area (Å²) < 4.78 is 7.30. The van der Waals surface area contributed by atoms with Crippen molar-refractivity contribution in [2.45, 2.75) is 52.3 Å². The van der Waals surface area contributed by atoms with Crippen molar-refractivity contribution in [3.63, 3.8) is 0 Å². The van der Waals surface area contributed by atoms with Crippen LogP contribution in [0.3, 0.4) is 0 Å². The average Bonchev–Trinajstić information content (AvgIpc) is 2.73. The maximum atomic E-state index is 11.6. The lowest BCUT2D eigenvalue weighted by Gasteiger charge is -2.22. The second-order valence-corrected chi connectivity index (χ2v) is 5.98. The number of rotatable bonds is 6. The first-order valence-corrected chi connectivity index (χ1v) is 7.12. The zero-order valence-corrected chi connectivity index (χ0v) is 13.2. The fourth-order valence-corrected chi connectivity index (χ4v) is 1.81. The summed E-state index contributed by atoms with van der Waals surface area (Å²) in [5.74, 6) is 0. The average molecular weight is 281 g/mol. The van der Waals surface area contributed by atoms with Crippen LogP contribution in [0.25, 0.3) is 0 Å². The van der Waals surface area contributed by atoms with Gasteiger partial charge in [0.05, 0.1) is 0 Å². The molecule has 0 bridgehead atoms. The molecule has 1 unspecified atom stereocenters. The van der Waals surface area contributed by atoms with E-state index in [2.05, 4.69) is 28.2 Å². The standard InChI is InChI=1S/C15H27N3O2/c1-6-12(10-17-14(19)20-15(2,3)4)16-11-13-8-7-9-18(13)5/h7-9,12,16H,6,10-11H2,1-5H3,(H,17,19). The van der Waals surface area contributed by atoms with Crippen LogP contribution >= 0.6 is 0 Å². The molecule has 5 nitrogen and oxygen atoms in total. The highest BCUT2D eigenvalue weighted by atomic mass is 16.6. The minimum absolute atomic E-state index is 0.234. The first kappa shape index (κ1) is 16.6. The van der Waals surface area contributed by atoms with Crippen molar-refractivity contribution in [1.82, 2.24) is 15.2 Å². The number of carbonyl (C=O) groups excluding carboxylic acids is 1. The van der Waals surface area contributed by atoms with Gasteiger partial charge in [-0.2, -0.15) is 0 Å². The Morgan fingerprint density at radius 1 is 1.45 bits per heavy atom. The highest BCUT2D eigenvalue weighted by Crippen LogP contribution is 2.06. The molecule has 0 aliphatic carbocycles. The maximum Gasteiger partial charge on any atom is 0.407 e. The Morgan fingerprint density at radius 3 is 2.65 bits per heavy atom. The highest BCUT2D eigenvalue weighted by Gasteiger charge is 2.16. The van der Waals surface area contributed by atoms with Gasteiger partial charge < -0.3 is 19.9 Å². The van der Waals surface area contributed by atoms with Crippen molar-refractivity contribution < 1.29 is 9.53 Å². The first-order chi connectivity index (χ1) is 9.31. The normalized spacial score (nSPS) is 13.1. The van der Waals surface area contributed by atoms with Crippen molar-refractivity contribution in [3.8, 4) is 0 Å². The topological polar surface area (TPSA) is 55.3 Å². The Bertz CT molecular complexity index is 421. The van der Waals surface area contributed by atoms with Gasteiger partial charge in [-0.15, -0.1) is 0 Å². The Kier molecular flexibility index (Phi) is 6.07. The van der Waals surface area contributed by atoms with E-state index in [0.29, 0.717) is 6.54 Å². The number of amides is 1.